The molecule has 0 amide bonds. The van der Waals surface area contributed by atoms with Crippen molar-refractivity contribution >= 4 is 0 Å². The highest BCUT2D eigenvalue weighted by molar-refractivity contribution is 5.27. The Morgan fingerprint density at radius 1 is 0.644 bits per heavy atom. The molecule has 2 spiro atoms. The molecular formula is C52H84O21. The third kappa shape index (κ3) is 8.77. The zero-order chi connectivity index (χ0) is 52.7. The smallest absolute Gasteiger partial charge is 0.187 e. The second-order valence-corrected chi connectivity index (χ2v) is 25.3. The summed E-state index contributed by atoms with van der Waals surface area (Å²) >= 11 is 0. The van der Waals surface area contributed by atoms with E-state index in [0.29, 0.717) is 25.4 Å². The zero-order valence-electron chi connectivity index (χ0n) is 43.4. The Kier molecular flexibility index (Phi) is 14.8. The molecule has 10 rings (SSSR count). The summed E-state index contributed by atoms with van der Waals surface area (Å²) in [7, 11) is 0. The van der Waals surface area contributed by atoms with Crippen molar-refractivity contribution in [3.05, 3.63) is 11.6 Å². The van der Waals surface area contributed by atoms with Crippen LogP contribution < -0.4 is 0 Å². The summed E-state index contributed by atoms with van der Waals surface area (Å²) in [5.74, 6) is -0.230. The highest BCUT2D eigenvalue weighted by Gasteiger charge is 2.81. The van der Waals surface area contributed by atoms with E-state index in [1.807, 2.05) is 6.92 Å². The van der Waals surface area contributed by atoms with Crippen molar-refractivity contribution in [3.63, 3.8) is 0 Å². The van der Waals surface area contributed by atoms with Crippen molar-refractivity contribution in [2.75, 3.05) is 26.4 Å². The molecule has 0 unspecified atom stereocenters. The molecule has 29 atom stereocenters. The third-order valence-corrected chi connectivity index (χ3v) is 20.4. The molecule has 2 bridgehead atoms. The van der Waals surface area contributed by atoms with E-state index in [0.717, 1.165) is 44.1 Å². The van der Waals surface area contributed by atoms with Crippen molar-refractivity contribution in [1.29, 1.82) is 0 Å². The van der Waals surface area contributed by atoms with Crippen LogP contribution in [0.25, 0.3) is 0 Å². The lowest BCUT2D eigenvalue weighted by Gasteiger charge is -2.70. The standard InChI is InChI=1S/C52H84O21/c1-22(2)15-24-16-50(8,63)42-25-9-10-30-48(6)13-12-31(47(4,5)29(48)11-14-49(30,7)51(25)20-52(42,73-24)66-21-51)69-45-41(72-44-38(62)35(59)32(56)23(3)67-44)39(27(55)19-65-45)70-46-40(36(60)34(58)28(17-53)68-46)71-43-37(61)33(57)26(54)18-64-43/h15,23-46,53-63H,9-14,16-21H2,1-8H3/t23-,24-,25-,26+,27-,28+,29+,30+,31+,32-,33-,34+,35+,36-,37+,38+,39-,40+,41+,42-,43-,44-,45-,46-,48+,49+,50-,51-,52-/m0/s1. The molecule has 6 aliphatic heterocycles. The first kappa shape index (κ1) is 55.2. The number of aliphatic hydroxyl groups excluding tert-OH is 10. The SMILES string of the molecule is CC(C)=C[C@H]1C[C@](C)(O)[C@@H]2[C@@H]3CC[C@@H]4[C@]5(C)CC[C@@H](O[C@@H]6OC[C@H](O)[C@H](O[C@@H]7O[C@H](CO)[C@@H](O)[C@H](O)[C@H]7O[C@@H]7OC[C@@H](O)[C@H](O)[C@H]7O)[C@H]6O[C@@H]6O[C@@H](C)[C@H](O)[C@@H](O)[C@H]6O)C(C)(C)[C@H]5CC[C@@]4(C)[C@@]34CO[C@@]2(C4)O1. The summed E-state index contributed by atoms with van der Waals surface area (Å²) in [6.07, 6.45) is -20.8. The summed E-state index contributed by atoms with van der Waals surface area (Å²) < 4.78 is 63.4. The number of fused-ring (bicyclic) bond motifs is 4. The molecule has 21 heteroatoms. The Hall–Kier alpha value is -1.10. The third-order valence-electron chi connectivity index (χ3n) is 20.4. The van der Waals surface area contributed by atoms with Crippen LogP contribution in [0.2, 0.25) is 0 Å². The van der Waals surface area contributed by atoms with Crippen LogP contribution in [0.3, 0.4) is 0 Å². The second-order valence-electron chi connectivity index (χ2n) is 25.3. The van der Waals surface area contributed by atoms with Crippen LogP contribution in [0.15, 0.2) is 11.6 Å². The van der Waals surface area contributed by atoms with Crippen LogP contribution in [-0.2, 0) is 47.4 Å². The molecule has 0 radical (unpaired) electrons. The van der Waals surface area contributed by atoms with Gasteiger partial charge in [0.25, 0.3) is 0 Å². The zero-order valence-corrected chi connectivity index (χ0v) is 43.4. The molecular weight excluding hydrogens is 961 g/mol. The fourth-order valence-electron chi connectivity index (χ4n) is 16.9. The van der Waals surface area contributed by atoms with Gasteiger partial charge in [-0.05, 0) is 100 Å². The van der Waals surface area contributed by atoms with Gasteiger partial charge in [0.15, 0.2) is 30.9 Å². The van der Waals surface area contributed by atoms with Gasteiger partial charge < -0.3 is 104 Å². The van der Waals surface area contributed by atoms with Crippen molar-refractivity contribution in [2.45, 2.75) is 241 Å². The van der Waals surface area contributed by atoms with Crippen LogP contribution in [0.1, 0.15) is 107 Å². The average Bonchev–Trinajstić information content (AvgIpc) is 3.85. The maximum atomic E-state index is 12.3. The molecule has 418 valence electrons. The van der Waals surface area contributed by atoms with Gasteiger partial charge in [0.1, 0.15) is 79.4 Å². The Bertz CT molecular complexity index is 2010. The second kappa shape index (κ2) is 19.6. The molecule has 6 heterocycles. The van der Waals surface area contributed by atoms with E-state index >= 15 is 0 Å². The topological polar surface area (TPSA) is 315 Å². The molecule has 10 aliphatic rings. The Morgan fingerprint density at radius 3 is 2.03 bits per heavy atom. The van der Waals surface area contributed by atoms with Crippen molar-refractivity contribution in [3.8, 4) is 0 Å². The summed E-state index contributed by atoms with van der Waals surface area (Å²) in [4.78, 5) is 0. The minimum atomic E-state index is -1.87. The van der Waals surface area contributed by atoms with Crippen LogP contribution in [0.5, 0.6) is 0 Å². The number of hydrogen-bond donors (Lipinski definition) is 11. The summed E-state index contributed by atoms with van der Waals surface area (Å²) in [5.41, 5.74) is -0.717. The Balaban J connectivity index is 0.919. The monoisotopic (exact) mass is 1040 g/mol. The molecule has 73 heavy (non-hydrogen) atoms. The van der Waals surface area contributed by atoms with Crippen molar-refractivity contribution < 1.29 is 104 Å². The van der Waals surface area contributed by atoms with E-state index < -0.39 is 147 Å². The number of hydrogen-bond acceptors (Lipinski definition) is 21. The molecule has 10 fully saturated rings. The van der Waals surface area contributed by atoms with Crippen molar-refractivity contribution in [2.24, 2.45) is 45.3 Å². The number of allylic oxidation sites excluding steroid dienone is 1. The Morgan fingerprint density at radius 2 is 1.32 bits per heavy atom. The van der Waals surface area contributed by atoms with Crippen LogP contribution in [0.4, 0.5) is 0 Å². The van der Waals surface area contributed by atoms with E-state index in [1.54, 1.807) is 0 Å². The molecule has 4 saturated carbocycles. The molecule has 11 N–H and O–H groups in total. The fourth-order valence-corrected chi connectivity index (χ4v) is 16.9. The van der Waals surface area contributed by atoms with Gasteiger partial charge in [-0.25, -0.2) is 0 Å². The van der Waals surface area contributed by atoms with Gasteiger partial charge in [0, 0.05) is 24.2 Å². The summed E-state index contributed by atoms with van der Waals surface area (Å²) in [6.45, 7) is 15.9. The minimum Gasteiger partial charge on any atom is -0.394 e. The van der Waals surface area contributed by atoms with E-state index in [1.165, 1.54) is 6.92 Å². The quantitative estimate of drug-likeness (QED) is 0.0967. The normalized spacial score (nSPS) is 57.5. The van der Waals surface area contributed by atoms with E-state index in [-0.39, 0.29) is 46.7 Å². The molecule has 0 aromatic rings. The van der Waals surface area contributed by atoms with Gasteiger partial charge >= 0.3 is 0 Å². The fraction of sp³-hybridized carbons (Fsp3) is 0.962. The van der Waals surface area contributed by atoms with Gasteiger partial charge in [-0.1, -0.05) is 39.3 Å². The number of ether oxygens (including phenoxy) is 10. The van der Waals surface area contributed by atoms with Gasteiger partial charge in [0.2, 0.25) is 0 Å². The van der Waals surface area contributed by atoms with Gasteiger partial charge in [-0.2, -0.15) is 0 Å². The first-order chi connectivity index (χ1) is 34.2. The first-order valence-electron chi connectivity index (χ1n) is 26.8. The molecule has 6 saturated heterocycles. The molecule has 0 aromatic carbocycles. The van der Waals surface area contributed by atoms with E-state index in [2.05, 4.69) is 47.6 Å². The Labute approximate surface area is 426 Å². The average molecular weight is 1050 g/mol. The lowest BCUT2D eigenvalue weighted by atomic mass is 9.35. The van der Waals surface area contributed by atoms with Gasteiger partial charge in [-0.3, -0.25) is 0 Å². The van der Waals surface area contributed by atoms with Crippen LogP contribution in [-0.4, -0.2) is 217 Å². The minimum absolute atomic E-state index is 0.108. The highest BCUT2D eigenvalue weighted by Crippen LogP contribution is 2.80. The van der Waals surface area contributed by atoms with Gasteiger partial charge in [0.05, 0.1) is 50.3 Å². The summed E-state index contributed by atoms with van der Waals surface area (Å²) in [5, 5.41) is 121. The van der Waals surface area contributed by atoms with Gasteiger partial charge in [-0.15, -0.1) is 0 Å². The lowest BCUT2D eigenvalue weighted by molar-refractivity contribution is -0.399. The summed E-state index contributed by atoms with van der Waals surface area (Å²) in [6, 6.07) is 0. The number of rotatable bonds is 10. The highest BCUT2D eigenvalue weighted by atomic mass is 16.8. The van der Waals surface area contributed by atoms with E-state index in [9.17, 15) is 56.2 Å². The molecule has 21 nitrogen and oxygen atoms in total. The van der Waals surface area contributed by atoms with E-state index in [4.69, 9.17) is 47.4 Å². The molecule has 0 aromatic heterocycles. The lowest BCUT2D eigenvalue weighted by Crippen LogP contribution is -2.68. The number of aliphatic hydroxyl groups is 11. The van der Waals surface area contributed by atoms with Crippen molar-refractivity contribution in [1.82, 2.24) is 0 Å². The van der Waals surface area contributed by atoms with Crippen LogP contribution in [0, 0.1) is 45.3 Å². The predicted molar refractivity (Wildman–Crippen MR) is 250 cm³/mol. The predicted octanol–water partition coefficient (Wildman–Crippen LogP) is -0.542. The first-order valence-corrected chi connectivity index (χ1v) is 26.8. The van der Waals surface area contributed by atoms with Crippen LogP contribution >= 0.6 is 0 Å². The maximum absolute atomic E-state index is 12.3. The molecule has 4 aliphatic carbocycles. The maximum Gasteiger partial charge on any atom is 0.187 e. The largest absolute Gasteiger partial charge is 0.394 e.